The fourth-order valence-electron chi connectivity index (χ4n) is 2.02. The van der Waals surface area contributed by atoms with Crippen molar-refractivity contribution in [1.29, 1.82) is 0 Å². The Bertz CT molecular complexity index is 650. The molecule has 0 radical (unpaired) electrons. The number of nitrogen functional groups attached to an aromatic ring is 1. The first-order chi connectivity index (χ1) is 9.40. The number of amides is 1. The van der Waals surface area contributed by atoms with Gasteiger partial charge in [-0.25, -0.2) is 4.39 Å². The van der Waals surface area contributed by atoms with E-state index in [-0.39, 0.29) is 5.56 Å². The summed E-state index contributed by atoms with van der Waals surface area (Å²) >= 11 is 0. The predicted octanol–water partition coefficient (Wildman–Crippen LogP) is 3.30. The second-order valence-electron chi connectivity index (χ2n) is 4.90. The van der Waals surface area contributed by atoms with Gasteiger partial charge in [0.2, 0.25) is 0 Å². The number of halogens is 1. The summed E-state index contributed by atoms with van der Waals surface area (Å²) < 4.78 is 14.1. The van der Waals surface area contributed by atoms with Crippen molar-refractivity contribution in [2.24, 2.45) is 0 Å². The Morgan fingerprint density at radius 2 is 1.75 bits per heavy atom. The van der Waals surface area contributed by atoms with Crippen LogP contribution < -0.4 is 10.6 Å². The Morgan fingerprint density at radius 1 is 1.15 bits per heavy atom. The van der Waals surface area contributed by atoms with Gasteiger partial charge in [0.25, 0.3) is 5.91 Å². The van der Waals surface area contributed by atoms with E-state index in [9.17, 15) is 9.18 Å². The van der Waals surface area contributed by atoms with Gasteiger partial charge in [-0.2, -0.15) is 0 Å². The van der Waals surface area contributed by atoms with Crippen molar-refractivity contribution in [1.82, 2.24) is 0 Å². The molecule has 2 N–H and O–H groups in total. The first-order valence-electron chi connectivity index (χ1n) is 6.30. The van der Waals surface area contributed by atoms with Gasteiger partial charge in [-0.1, -0.05) is 17.7 Å². The molecular weight excluding hydrogens is 255 g/mol. The molecule has 0 aliphatic rings. The quantitative estimate of drug-likeness (QED) is 0.853. The van der Waals surface area contributed by atoms with Crippen molar-refractivity contribution in [2.45, 2.75) is 13.8 Å². The van der Waals surface area contributed by atoms with Crippen molar-refractivity contribution in [3.8, 4) is 0 Å². The van der Waals surface area contributed by atoms with Gasteiger partial charge < -0.3 is 10.6 Å². The molecule has 0 aliphatic heterocycles. The van der Waals surface area contributed by atoms with Crippen LogP contribution in [0.2, 0.25) is 0 Å². The lowest BCUT2D eigenvalue weighted by atomic mass is 10.1. The molecule has 2 aromatic rings. The second kappa shape index (κ2) is 5.33. The van der Waals surface area contributed by atoms with Crippen LogP contribution >= 0.6 is 0 Å². The average Bonchev–Trinajstić information content (AvgIpc) is 2.42. The first-order valence-corrected chi connectivity index (χ1v) is 6.30. The van der Waals surface area contributed by atoms with Gasteiger partial charge in [0.15, 0.2) is 0 Å². The van der Waals surface area contributed by atoms with E-state index in [0.717, 1.165) is 5.56 Å². The third-order valence-electron chi connectivity index (χ3n) is 3.23. The molecule has 2 rings (SSSR count). The average molecular weight is 272 g/mol. The molecule has 104 valence electrons. The molecule has 0 saturated carbocycles. The normalized spacial score (nSPS) is 10.4. The number of anilines is 2. The fraction of sp³-hybridized carbons (Fsp3) is 0.188. The van der Waals surface area contributed by atoms with Crippen molar-refractivity contribution in [3.63, 3.8) is 0 Å². The number of aryl methyl sites for hydroxylation is 2. The summed E-state index contributed by atoms with van der Waals surface area (Å²) in [7, 11) is 1.62. The number of hydrogen-bond acceptors (Lipinski definition) is 2. The molecule has 0 saturated heterocycles. The van der Waals surface area contributed by atoms with Gasteiger partial charge in [0.1, 0.15) is 5.82 Å². The maximum absolute atomic E-state index is 14.1. The SMILES string of the molecule is Cc1ccc(N(C)C(=O)c2cc(N)cc(C)c2F)cc1. The topological polar surface area (TPSA) is 46.3 Å². The van der Waals surface area contributed by atoms with Gasteiger partial charge >= 0.3 is 0 Å². The minimum Gasteiger partial charge on any atom is -0.399 e. The zero-order chi connectivity index (χ0) is 14.9. The molecule has 0 bridgehead atoms. The zero-order valence-electron chi connectivity index (χ0n) is 11.8. The Balaban J connectivity index is 2.38. The highest BCUT2D eigenvalue weighted by Crippen LogP contribution is 2.21. The van der Waals surface area contributed by atoms with E-state index in [1.165, 1.54) is 17.0 Å². The van der Waals surface area contributed by atoms with E-state index in [0.29, 0.717) is 16.9 Å². The zero-order valence-corrected chi connectivity index (χ0v) is 11.8. The standard InChI is InChI=1S/C16H17FN2O/c1-10-4-6-13(7-5-10)19(3)16(20)14-9-12(18)8-11(2)15(14)17/h4-9H,18H2,1-3H3. The lowest BCUT2D eigenvalue weighted by molar-refractivity contribution is 0.0989. The van der Waals surface area contributed by atoms with E-state index in [2.05, 4.69) is 0 Å². The maximum atomic E-state index is 14.1. The Labute approximate surface area is 117 Å². The molecule has 20 heavy (non-hydrogen) atoms. The molecule has 0 aliphatic carbocycles. The van der Waals surface area contributed by atoms with Crippen LogP contribution in [0.3, 0.4) is 0 Å². The number of carbonyl (C=O) groups excluding carboxylic acids is 1. The monoisotopic (exact) mass is 272 g/mol. The summed E-state index contributed by atoms with van der Waals surface area (Å²) in [6.07, 6.45) is 0. The molecule has 0 unspecified atom stereocenters. The van der Waals surface area contributed by atoms with E-state index in [1.807, 2.05) is 31.2 Å². The van der Waals surface area contributed by atoms with Gasteiger partial charge in [-0.05, 0) is 43.7 Å². The number of nitrogens with zero attached hydrogens (tertiary/aromatic N) is 1. The van der Waals surface area contributed by atoms with Crippen LogP contribution in [0.5, 0.6) is 0 Å². The summed E-state index contributed by atoms with van der Waals surface area (Å²) in [4.78, 5) is 13.8. The fourth-order valence-corrected chi connectivity index (χ4v) is 2.02. The molecular formula is C16H17FN2O. The first kappa shape index (κ1) is 14.1. The molecule has 0 fully saturated rings. The van der Waals surface area contributed by atoms with Crippen LogP contribution in [0.25, 0.3) is 0 Å². The Hall–Kier alpha value is -2.36. The highest BCUT2D eigenvalue weighted by atomic mass is 19.1. The third-order valence-corrected chi connectivity index (χ3v) is 3.23. The lowest BCUT2D eigenvalue weighted by Gasteiger charge is -2.18. The molecule has 0 aromatic heterocycles. The van der Waals surface area contributed by atoms with Gasteiger partial charge in [-0.3, -0.25) is 4.79 Å². The largest absolute Gasteiger partial charge is 0.399 e. The molecule has 0 spiro atoms. The van der Waals surface area contributed by atoms with Crippen molar-refractivity contribution < 1.29 is 9.18 Å². The predicted molar refractivity (Wildman–Crippen MR) is 79.5 cm³/mol. The van der Waals surface area contributed by atoms with Crippen LogP contribution in [0.4, 0.5) is 15.8 Å². The van der Waals surface area contributed by atoms with E-state index in [1.54, 1.807) is 14.0 Å². The van der Waals surface area contributed by atoms with Crippen molar-refractivity contribution in [2.75, 3.05) is 17.7 Å². The summed E-state index contributed by atoms with van der Waals surface area (Å²) in [6, 6.07) is 10.3. The smallest absolute Gasteiger partial charge is 0.261 e. The van der Waals surface area contributed by atoms with E-state index < -0.39 is 11.7 Å². The Morgan fingerprint density at radius 3 is 2.35 bits per heavy atom. The molecule has 2 aromatic carbocycles. The highest BCUT2D eigenvalue weighted by Gasteiger charge is 2.19. The number of carbonyl (C=O) groups is 1. The molecule has 1 amide bonds. The number of rotatable bonds is 2. The second-order valence-corrected chi connectivity index (χ2v) is 4.90. The Kier molecular flexibility index (Phi) is 3.74. The van der Waals surface area contributed by atoms with Crippen LogP contribution in [-0.2, 0) is 0 Å². The van der Waals surface area contributed by atoms with Crippen LogP contribution in [0, 0.1) is 19.7 Å². The number of benzene rings is 2. The maximum Gasteiger partial charge on any atom is 0.261 e. The number of hydrogen-bond donors (Lipinski definition) is 1. The summed E-state index contributed by atoms with van der Waals surface area (Å²) in [5.74, 6) is -0.940. The highest BCUT2D eigenvalue weighted by molar-refractivity contribution is 6.06. The molecule has 0 heterocycles. The van der Waals surface area contributed by atoms with Gasteiger partial charge in [-0.15, -0.1) is 0 Å². The van der Waals surface area contributed by atoms with Crippen LogP contribution in [0.1, 0.15) is 21.5 Å². The van der Waals surface area contributed by atoms with Crippen molar-refractivity contribution in [3.05, 3.63) is 58.9 Å². The summed E-state index contributed by atoms with van der Waals surface area (Å²) in [6.45, 7) is 3.56. The molecule has 0 atom stereocenters. The van der Waals surface area contributed by atoms with Gasteiger partial charge in [0, 0.05) is 18.4 Å². The summed E-state index contributed by atoms with van der Waals surface area (Å²) in [5, 5.41) is 0. The van der Waals surface area contributed by atoms with E-state index in [4.69, 9.17) is 5.73 Å². The van der Waals surface area contributed by atoms with Crippen LogP contribution in [0.15, 0.2) is 36.4 Å². The minimum atomic E-state index is -0.525. The van der Waals surface area contributed by atoms with Crippen molar-refractivity contribution >= 4 is 17.3 Å². The van der Waals surface area contributed by atoms with Crippen LogP contribution in [-0.4, -0.2) is 13.0 Å². The third kappa shape index (κ3) is 2.64. The molecule has 4 heteroatoms. The number of nitrogens with two attached hydrogens (primary N) is 1. The minimum absolute atomic E-state index is 0.00873. The summed E-state index contributed by atoms with van der Waals surface area (Å²) in [5.41, 5.74) is 8.23. The van der Waals surface area contributed by atoms with E-state index >= 15 is 0 Å². The van der Waals surface area contributed by atoms with Gasteiger partial charge in [0.05, 0.1) is 5.56 Å². The lowest BCUT2D eigenvalue weighted by Crippen LogP contribution is -2.27. The molecule has 3 nitrogen and oxygen atoms in total.